The third-order valence-electron chi connectivity index (χ3n) is 7.47. The van der Waals surface area contributed by atoms with Gasteiger partial charge in [-0.15, -0.1) is 0 Å². The summed E-state index contributed by atoms with van der Waals surface area (Å²) in [5.74, 6) is 1.83. The van der Waals surface area contributed by atoms with E-state index < -0.39 is 0 Å². The van der Waals surface area contributed by atoms with Crippen molar-refractivity contribution < 1.29 is 0 Å². The molecule has 0 unspecified atom stereocenters. The standard InChI is InChI=1S/C23H46N2/c1-8-11-19-16-21(9-2)25(17-19)23(6,7)18-22(4,5)20-12-14-24(10-3)15-13-20/h19-21H,8-18H2,1-7H3/t19-,21+/m0/s1. The SMILES string of the molecule is CCC[C@H]1C[C@@H](CC)N(C(C)(C)CC(C)(C)C2CCN(CC)CC2)C1. The third kappa shape index (κ3) is 5.22. The minimum atomic E-state index is 0.328. The lowest BCUT2D eigenvalue weighted by Gasteiger charge is -2.48. The predicted molar refractivity (Wildman–Crippen MR) is 111 cm³/mol. The van der Waals surface area contributed by atoms with Gasteiger partial charge in [-0.05, 0) is 89.3 Å². The van der Waals surface area contributed by atoms with E-state index in [0.717, 1.165) is 17.9 Å². The molecule has 0 N–H and O–H groups in total. The number of hydrogen-bond donors (Lipinski definition) is 0. The fraction of sp³-hybridized carbons (Fsp3) is 1.00. The van der Waals surface area contributed by atoms with E-state index in [1.165, 1.54) is 71.1 Å². The summed E-state index contributed by atoms with van der Waals surface area (Å²) in [5, 5.41) is 0. The number of nitrogens with zero attached hydrogens (tertiary/aromatic N) is 2. The summed E-state index contributed by atoms with van der Waals surface area (Å²) in [7, 11) is 0. The lowest BCUT2D eigenvalue weighted by molar-refractivity contribution is 0.0171. The average molecular weight is 351 g/mol. The number of piperidine rings is 1. The molecule has 25 heavy (non-hydrogen) atoms. The smallest absolute Gasteiger partial charge is 0.0161 e. The fourth-order valence-corrected chi connectivity index (χ4v) is 6.15. The van der Waals surface area contributed by atoms with Crippen LogP contribution < -0.4 is 0 Å². The maximum absolute atomic E-state index is 2.90. The van der Waals surface area contributed by atoms with E-state index in [9.17, 15) is 0 Å². The Labute approximate surface area is 158 Å². The van der Waals surface area contributed by atoms with Gasteiger partial charge in [0.25, 0.3) is 0 Å². The van der Waals surface area contributed by atoms with E-state index in [1.54, 1.807) is 0 Å². The van der Waals surface area contributed by atoms with Crippen LogP contribution in [0.5, 0.6) is 0 Å². The van der Waals surface area contributed by atoms with Crippen LogP contribution in [0.15, 0.2) is 0 Å². The monoisotopic (exact) mass is 350 g/mol. The molecule has 0 radical (unpaired) electrons. The summed E-state index contributed by atoms with van der Waals surface area (Å²) in [6.07, 6.45) is 9.65. The third-order valence-corrected chi connectivity index (χ3v) is 7.47. The van der Waals surface area contributed by atoms with Gasteiger partial charge in [-0.3, -0.25) is 4.90 Å². The van der Waals surface area contributed by atoms with Crippen molar-refractivity contribution in [2.45, 2.75) is 105 Å². The molecule has 0 spiro atoms. The summed E-state index contributed by atoms with van der Waals surface area (Å²) in [6.45, 7) is 22.4. The Hall–Kier alpha value is -0.0800. The van der Waals surface area contributed by atoms with Crippen molar-refractivity contribution in [1.82, 2.24) is 9.80 Å². The molecule has 2 aliphatic heterocycles. The average Bonchev–Trinajstić information content (AvgIpc) is 2.98. The number of likely N-dealkylation sites (tertiary alicyclic amines) is 2. The Bertz CT molecular complexity index is 393. The van der Waals surface area contributed by atoms with E-state index in [2.05, 4.69) is 58.3 Å². The normalized spacial score (nSPS) is 28.0. The van der Waals surface area contributed by atoms with Crippen molar-refractivity contribution in [2.24, 2.45) is 17.3 Å². The van der Waals surface area contributed by atoms with Gasteiger partial charge in [-0.25, -0.2) is 0 Å². The first-order valence-electron chi connectivity index (χ1n) is 11.2. The molecule has 2 fully saturated rings. The minimum absolute atomic E-state index is 0.328. The molecule has 148 valence electrons. The summed E-state index contributed by atoms with van der Waals surface area (Å²) in [4.78, 5) is 5.52. The second-order valence-corrected chi connectivity index (χ2v) is 10.3. The van der Waals surface area contributed by atoms with Crippen LogP contribution in [-0.2, 0) is 0 Å². The Kier molecular flexibility index (Phi) is 7.42. The molecule has 2 rings (SSSR count). The van der Waals surface area contributed by atoms with Crippen molar-refractivity contribution in [2.75, 3.05) is 26.2 Å². The molecular weight excluding hydrogens is 304 g/mol. The zero-order valence-electron chi connectivity index (χ0n) is 18.4. The molecule has 0 bridgehead atoms. The highest BCUT2D eigenvalue weighted by molar-refractivity contribution is 4.98. The summed E-state index contributed by atoms with van der Waals surface area (Å²) in [6, 6.07) is 0.810. The number of hydrogen-bond acceptors (Lipinski definition) is 2. The van der Waals surface area contributed by atoms with Gasteiger partial charge in [-0.1, -0.05) is 41.0 Å². The fourth-order valence-electron chi connectivity index (χ4n) is 6.15. The summed E-state index contributed by atoms with van der Waals surface area (Å²) >= 11 is 0. The van der Waals surface area contributed by atoms with Gasteiger partial charge in [0.15, 0.2) is 0 Å². The van der Waals surface area contributed by atoms with Gasteiger partial charge >= 0.3 is 0 Å². The van der Waals surface area contributed by atoms with Gasteiger partial charge < -0.3 is 4.90 Å². The molecule has 0 aromatic carbocycles. The zero-order chi connectivity index (χ0) is 18.7. The Morgan fingerprint density at radius 3 is 2.12 bits per heavy atom. The molecule has 0 amide bonds. The Morgan fingerprint density at radius 1 is 0.960 bits per heavy atom. The first-order chi connectivity index (χ1) is 11.7. The topological polar surface area (TPSA) is 6.48 Å². The lowest BCUT2D eigenvalue weighted by atomic mass is 9.67. The van der Waals surface area contributed by atoms with Crippen LogP contribution in [0.2, 0.25) is 0 Å². The van der Waals surface area contributed by atoms with E-state index in [1.807, 2.05) is 0 Å². The van der Waals surface area contributed by atoms with Crippen LogP contribution in [-0.4, -0.2) is 47.6 Å². The van der Waals surface area contributed by atoms with E-state index >= 15 is 0 Å². The quantitative estimate of drug-likeness (QED) is 0.544. The van der Waals surface area contributed by atoms with Gasteiger partial charge in [-0.2, -0.15) is 0 Å². The number of rotatable bonds is 8. The highest BCUT2D eigenvalue weighted by Gasteiger charge is 2.43. The molecule has 2 aliphatic rings. The van der Waals surface area contributed by atoms with Crippen LogP contribution in [0.1, 0.15) is 93.4 Å². The van der Waals surface area contributed by atoms with E-state index in [-0.39, 0.29) is 0 Å². The molecule has 0 aromatic rings. The van der Waals surface area contributed by atoms with E-state index in [4.69, 9.17) is 0 Å². The van der Waals surface area contributed by atoms with Gasteiger partial charge in [0.05, 0.1) is 0 Å². The van der Waals surface area contributed by atoms with Gasteiger partial charge in [0.1, 0.15) is 0 Å². The molecule has 2 atom stereocenters. The van der Waals surface area contributed by atoms with Gasteiger partial charge in [0.2, 0.25) is 0 Å². The van der Waals surface area contributed by atoms with Crippen molar-refractivity contribution >= 4 is 0 Å². The van der Waals surface area contributed by atoms with Crippen LogP contribution in [0.3, 0.4) is 0 Å². The largest absolute Gasteiger partial charge is 0.304 e. The first kappa shape index (κ1) is 21.2. The van der Waals surface area contributed by atoms with Crippen molar-refractivity contribution in [3.05, 3.63) is 0 Å². The molecule has 2 saturated heterocycles. The van der Waals surface area contributed by atoms with Crippen molar-refractivity contribution in [3.63, 3.8) is 0 Å². The van der Waals surface area contributed by atoms with Gasteiger partial charge in [0, 0.05) is 18.1 Å². The molecule has 0 aromatic heterocycles. The lowest BCUT2D eigenvalue weighted by Crippen LogP contribution is -2.51. The second-order valence-electron chi connectivity index (χ2n) is 10.3. The Balaban J connectivity index is 2.00. The molecule has 0 saturated carbocycles. The van der Waals surface area contributed by atoms with Crippen LogP contribution >= 0.6 is 0 Å². The maximum atomic E-state index is 2.90. The highest BCUT2D eigenvalue weighted by atomic mass is 15.2. The second kappa shape index (κ2) is 8.74. The van der Waals surface area contributed by atoms with Crippen molar-refractivity contribution in [1.29, 1.82) is 0 Å². The molecule has 2 heteroatoms. The van der Waals surface area contributed by atoms with Crippen LogP contribution in [0.25, 0.3) is 0 Å². The van der Waals surface area contributed by atoms with E-state index in [0.29, 0.717) is 11.0 Å². The highest BCUT2D eigenvalue weighted by Crippen LogP contribution is 2.45. The zero-order valence-corrected chi connectivity index (χ0v) is 18.4. The summed E-state index contributed by atoms with van der Waals surface area (Å²) in [5.41, 5.74) is 0.777. The maximum Gasteiger partial charge on any atom is 0.0161 e. The van der Waals surface area contributed by atoms with Crippen molar-refractivity contribution in [3.8, 4) is 0 Å². The Morgan fingerprint density at radius 2 is 1.60 bits per heavy atom. The molecule has 0 aliphatic carbocycles. The molecule has 2 heterocycles. The van der Waals surface area contributed by atoms with Crippen LogP contribution in [0.4, 0.5) is 0 Å². The predicted octanol–water partition coefficient (Wildman–Crippen LogP) is 5.81. The molecular formula is C23H46N2. The molecule has 2 nitrogen and oxygen atoms in total. The van der Waals surface area contributed by atoms with Crippen LogP contribution in [0, 0.1) is 17.3 Å². The first-order valence-corrected chi connectivity index (χ1v) is 11.2. The minimum Gasteiger partial charge on any atom is -0.304 e. The summed E-state index contributed by atoms with van der Waals surface area (Å²) < 4.78 is 0.